The van der Waals surface area contributed by atoms with Crippen LogP contribution in [0.3, 0.4) is 0 Å². The van der Waals surface area contributed by atoms with Crippen molar-refractivity contribution >= 4 is 6.41 Å². The van der Waals surface area contributed by atoms with Crippen LogP contribution in [-0.2, 0) is 4.79 Å². The molecule has 1 amide bonds. The van der Waals surface area contributed by atoms with Gasteiger partial charge in [-0.15, -0.1) is 0 Å². The van der Waals surface area contributed by atoms with Gasteiger partial charge in [0.25, 0.3) is 0 Å². The lowest BCUT2D eigenvalue weighted by Gasteiger charge is -2.13. The van der Waals surface area contributed by atoms with E-state index in [0.717, 1.165) is 16.9 Å². The number of ether oxygens (including phenoxy) is 1. The molecule has 2 rings (SSSR count). The average molecular weight is 257 g/mol. The number of rotatable bonds is 6. The molecule has 0 bridgehead atoms. The van der Waals surface area contributed by atoms with Crippen LogP contribution in [0.2, 0.25) is 0 Å². The van der Waals surface area contributed by atoms with E-state index >= 15 is 0 Å². The number of nitrogens with zero attached hydrogens (tertiary/aromatic N) is 1. The number of amides is 1. The molecule has 19 heavy (non-hydrogen) atoms. The Balaban J connectivity index is 2.11. The first-order valence-electron chi connectivity index (χ1n) is 5.99. The van der Waals surface area contributed by atoms with Crippen LogP contribution in [-0.4, -0.2) is 29.8 Å². The van der Waals surface area contributed by atoms with E-state index in [2.05, 4.69) is 0 Å². The Morgan fingerprint density at radius 2 is 1.74 bits per heavy atom. The Labute approximate surface area is 111 Å². The number of hydroxylamine groups is 2. The molecule has 0 saturated heterocycles. The van der Waals surface area contributed by atoms with E-state index in [9.17, 15) is 4.79 Å². The average Bonchev–Trinajstić information content (AvgIpc) is 2.48. The van der Waals surface area contributed by atoms with E-state index in [1.54, 1.807) is 0 Å². The van der Waals surface area contributed by atoms with E-state index in [4.69, 9.17) is 9.94 Å². The summed E-state index contributed by atoms with van der Waals surface area (Å²) in [5, 5.41) is 9.57. The summed E-state index contributed by atoms with van der Waals surface area (Å²) in [5.74, 6) is 0.730. The predicted octanol–water partition coefficient (Wildman–Crippen LogP) is 2.58. The van der Waals surface area contributed by atoms with Crippen molar-refractivity contribution in [1.82, 2.24) is 5.06 Å². The summed E-state index contributed by atoms with van der Waals surface area (Å²) in [4.78, 5) is 10.3. The van der Waals surface area contributed by atoms with Crippen molar-refractivity contribution in [2.75, 3.05) is 13.2 Å². The maximum Gasteiger partial charge on any atom is 0.233 e. The quantitative estimate of drug-likeness (QED) is 0.491. The molecule has 0 fully saturated rings. The van der Waals surface area contributed by atoms with Crippen molar-refractivity contribution in [3.05, 3.63) is 54.6 Å². The van der Waals surface area contributed by atoms with Crippen molar-refractivity contribution in [1.29, 1.82) is 0 Å². The molecule has 0 unspecified atom stereocenters. The van der Waals surface area contributed by atoms with Crippen LogP contribution in [0, 0.1) is 0 Å². The Kier molecular flexibility index (Phi) is 4.53. The molecule has 0 heterocycles. The van der Waals surface area contributed by atoms with Gasteiger partial charge in [0, 0.05) is 5.56 Å². The van der Waals surface area contributed by atoms with E-state index in [0.29, 0.717) is 11.5 Å². The molecule has 0 spiro atoms. The van der Waals surface area contributed by atoms with Gasteiger partial charge in [-0.05, 0) is 11.6 Å². The molecule has 2 aromatic carbocycles. The molecular weight excluding hydrogens is 242 g/mol. The van der Waals surface area contributed by atoms with Gasteiger partial charge in [0.15, 0.2) is 0 Å². The second kappa shape index (κ2) is 6.56. The zero-order valence-electron chi connectivity index (χ0n) is 10.4. The highest BCUT2D eigenvalue weighted by molar-refractivity contribution is 5.70. The van der Waals surface area contributed by atoms with E-state index in [-0.39, 0.29) is 13.2 Å². The molecule has 0 saturated carbocycles. The van der Waals surface area contributed by atoms with Crippen LogP contribution >= 0.6 is 0 Å². The molecule has 1 N–H and O–H groups in total. The van der Waals surface area contributed by atoms with Crippen LogP contribution in [0.5, 0.6) is 5.75 Å². The topological polar surface area (TPSA) is 49.8 Å². The second-order valence-electron chi connectivity index (χ2n) is 3.98. The fourth-order valence-electron chi connectivity index (χ4n) is 1.75. The minimum absolute atomic E-state index is 0.132. The highest BCUT2D eigenvalue weighted by Crippen LogP contribution is 2.29. The lowest BCUT2D eigenvalue weighted by Crippen LogP contribution is -2.23. The van der Waals surface area contributed by atoms with Crippen LogP contribution in [0.4, 0.5) is 0 Å². The standard InChI is InChI=1S/C15H15NO3/c17-12-16(18)10-11-19-15-9-5-4-8-14(15)13-6-2-1-3-7-13/h1-9,12,18H,10-11H2. The van der Waals surface area contributed by atoms with E-state index in [1.165, 1.54) is 0 Å². The summed E-state index contributed by atoms with van der Waals surface area (Å²) in [6.07, 6.45) is 0.354. The van der Waals surface area contributed by atoms with Gasteiger partial charge in [0.1, 0.15) is 12.4 Å². The maximum atomic E-state index is 10.3. The van der Waals surface area contributed by atoms with Gasteiger partial charge >= 0.3 is 0 Å². The smallest absolute Gasteiger partial charge is 0.233 e. The number of hydrogen-bond acceptors (Lipinski definition) is 3. The van der Waals surface area contributed by atoms with Gasteiger partial charge in [-0.3, -0.25) is 10.0 Å². The number of hydrogen-bond donors (Lipinski definition) is 1. The highest BCUT2D eigenvalue weighted by atomic mass is 16.5. The fraction of sp³-hybridized carbons (Fsp3) is 0.133. The molecule has 0 aliphatic carbocycles. The lowest BCUT2D eigenvalue weighted by atomic mass is 10.1. The first-order chi connectivity index (χ1) is 9.31. The van der Waals surface area contributed by atoms with Gasteiger partial charge < -0.3 is 4.74 Å². The van der Waals surface area contributed by atoms with Crippen molar-refractivity contribution in [2.24, 2.45) is 0 Å². The van der Waals surface area contributed by atoms with Crippen LogP contribution in [0.15, 0.2) is 54.6 Å². The fourth-order valence-corrected chi connectivity index (χ4v) is 1.75. The molecule has 2 aromatic rings. The molecule has 0 atom stereocenters. The number of carbonyl (C=O) groups excluding carboxylic acids is 1. The van der Waals surface area contributed by atoms with Gasteiger partial charge in [-0.1, -0.05) is 48.5 Å². The second-order valence-corrected chi connectivity index (χ2v) is 3.98. The zero-order chi connectivity index (χ0) is 13.5. The van der Waals surface area contributed by atoms with Crippen LogP contribution in [0.1, 0.15) is 0 Å². The summed E-state index contributed by atoms with van der Waals surface area (Å²) in [7, 11) is 0. The summed E-state index contributed by atoms with van der Waals surface area (Å²) in [6, 6.07) is 17.6. The SMILES string of the molecule is O=CN(O)CCOc1ccccc1-c1ccccc1. The molecule has 4 heteroatoms. The normalized spacial score (nSPS) is 9.95. The first-order valence-corrected chi connectivity index (χ1v) is 5.99. The predicted molar refractivity (Wildman–Crippen MR) is 71.9 cm³/mol. The monoisotopic (exact) mass is 257 g/mol. The Morgan fingerprint density at radius 1 is 1.05 bits per heavy atom. The molecule has 0 radical (unpaired) electrons. The minimum atomic E-state index is 0.132. The van der Waals surface area contributed by atoms with Crippen molar-refractivity contribution in [2.45, 2.75) is 0 Å². The molecule has 4 nitrogen and oxygen atoms in total. The molecule has 0 aliphatic heterocycles. The summed E-state index contributed by atoms with van der Waals surface area (Å²) in [6.45, 7) is 0.367. The maximum absolute atomic E-state index is 10.3. The summed E-state index contributed by atoms with van der Waals surface area (Å²) >= 11 is 0. The van der Waals surface area contributed by atoms with Gasteiger partial charge in [0.2, 0.25) is 6.41 Å². The number of benzene rings is 2. The van der Waals surface area contributed by atoms with Gasteiger partial charge in [0.05, 0.1) is 6.54 Å². The van der Waals surface area contributed by atoms with E-state index in [1.807, 2.05) is 54.6 Å². The largest absolute Gasteiger partial charge is 0.491 e. The molecular formula is C15H15NO3. The summed E-state index contributed by atoms with van der Waals surface area (Å²) in [5.41, 5.74) is 2.05. The van der Waals surface area contributed by atoms with Crippen LogP contribution < -0.4 is 4.74 Å². The summed E-state index contributed by atoms with van der Waals surface area (Å²) < 4.78 is 5.60. The number of carbonyl (C=O) groups is 1. The highest BCUT2D eigenvalue weighted by Gasteiger charge is 2.05. The Bertz CT molecular complexity index is 528. The molecule has 98 valence electrons. The molecule has 0 aromatic heterocycles. The van der Waals surface area contributed by atoms with Crippen molar-refractivity contribution in [3.8, 4) is 16.9 Å². The third-order valence-corrected chi connectivity index (χ3v) is 2.67. The Hall–Kier alpha value is -2.33. The van der Waals surface area contributed by atoms with Crippen LogP contribution in [0.25, 0.3) is 11.1 Å². The Morgan fingerprint density at radius 3 is 2.47 bits per heavy atom. The molecule has 0 aliphatic rings. The van der Waals surface area contributed by atoms with E-state index < -0.39 is 0 Å². The third kappa shape index (κ3) is 3.56. The van der Waals surface area contributed by atoms with Gasteiger partial charge in [-0.2, -0.15) is 0 Å². The first kappa shape index (κ1) is 13.1. The van der Waals surface area contributed by atoms with Crippen molar-refractivity contribution in [3.63, 3.8) is 0 Å². The minimum Gasteiger partial charge on any atom is -0.491 e. The lowest BCUT2D eigenvalue weighted by molar-refractivity contribution is -0.150. The number of para-hydroxylation sites is 1. The zero-order valence-corrected chi connectivity index (χ0v) is 10.4. The van der Waals surface area contributed by atoms with Crippen molar-refractivity contribution < 1.29 is 14.7 Å². The van der Waals surface area contributed by atoms with Gasteiger partial charge in [-0.25, -0.2) is 5.06 Å². The third-order valence-electron chi connectivity index (χ3n) is 2.67.